The van der Waals surface area contributed by atoms with Gasteiger partial charge in [-0.05, 0) is 49.3 Å². The summed E-state index contributed by atoms with van der Waals surface area (Å²) in [4.78, 5) is 4.52. The summed E-state index contributed by atoms with van der Waals surface area (Å²) in [6, 6.07) is 5.58. The minimum Gasteiger partial charge on any atom is -0.356 e. The van der Waals surface area contributed by atoms with E-state index >= 15 is 0 Å². The van der Waals surface area contributed by atoms with Gasteiger partial charge in [0, 0.05) is 12.6 Å². The van der Waals surface area contributed by atoms with Crippen LogP contribution < -0.4 is 10.6 Å². The predicted molar refractivity (Wildman–Crippen MR) is 93.2 cm³/mol. The Morgan fingerprint density at radius 2 is 2.12 bits per heavy atom. The van der Waals surface area contributed by atoms with Crippen molar-refractivity contribution >= 4 is 15.8 Å². The largest absolute Gasteiger partial charge is 0.356 e. The number of nitrogens with zero attached hydrogens (tertiary/aromatic N) is 1. The van der Waals surface area contributed by atoms with Gasteiger partial charge in [-0.1, -0.05) is 12.1 Å². The Bertz CT molecular complexity index is 729. The Kier molecular flexibility index (Phi) is 5.08. The fourth-order valence-electron chi connectivity index (χ4n) is 2.75. The second kappa shape index (κ2) is 7.09. The summed E-state index contributed by atoms with van der Waals surface area (Å²) in [6.07, 6.45) is 2.95. The molecule has 0 bridgehead atoms. The lowest BCUT2D eigenvalue weighted by Gasteiger charge is -2.15. The van der Waals surface area contributed by atoms with E-state index in [2.05, 4.69) is 15.6 Å². The van der Waals surface area contributed by atoms with E-state index in [0.717, 1.165) is 18.4 Å². The number of aliphatic imine (C=N–C) groups is 1. The fourth-order valence-corrected chi connectivity index (χ4v) is 4.61. The molecule has 1 atom stereocenters. The van der Waals surface area contributed by atoms with Crippen LogP contribution in [0.4, 0.5) is 4.39 Å². The van der Waals surface area contributed by atoms with E-state index in [1.165, 1.54) is 6.07 Å². The molecule has 1 aliphatic heterocycles. The molecule has 1 aliphatic carbocycles. The van der Waals surface area contributed by atoms with Gasteiger partial charge >= 0.3 is 0 Å². The van der Waals surface area contributed by atoms with E-state index in [-0.39, 0.29) is 23.2 Å². The Morgan fingerprint density at radius 1 is 1.33 bits per heavy atom. The highest BCUT2D eigenvalue weighted by Crippen LogP contribution is 2.19. The Morgan fingerprint density at radius 3 is 2.75 bits per heavy atom. The summed E-state index contributed by atoms with van der Waals surface area (Å²) >= 11 is 0. The molecule has 5 nitrogen and oxygen atoms in total. The molecule has 1 saturated carbocycles. The van der Waals surface area contributed by atoms with Crippen molar-refractivity contribution < 1.29 is 12.8 Å². The van der Waals surface area contributed by atoms with E-state index in [0.29, 0.717) is 37.1 Å². The van der Waals surface area contributed by atoms with Crippen molar-refractivity contribution in [1.29, 1.82) is 0 Å². The Balaban J connectivity index is 1.59. The highest BCUT2D eigenvalue weighted by Gasteiger charge is 2.28. The highest BCUT2D eigenvalue weighted by atomic mass is 32.2. The van der Waals surface area contributed by atoms with Crippen molar-refractivity contribution in [3.05, 3.63) is 35.1 Å². The molecule has 7 heteroatoms. The number of rotatable bonds is 5. The third-order valence-electron chi connectivity index (χ3n) is 4.46. The number of guanidine groups is 1. The summed E-state index contributed by atoms with van der Waals surface area (Å²) in [5.74, 6) is 1.13. The summed E-state index contributed by atoms with van der Waals surface area (Å²) in [5.41, 5.74) is 1.44. The molecule has 0 spiro atoms. The molecular formula is C17H24FN3O2S. The lowest BCUT2D eigenvalue weighted by atomic mass is 10.1. The van der Waals surface area contributed by atoms with Crippen molar-refractivity contribution in [2.24, 2.45) is 10.9 Å². The summed E-state index contributed by atoms with van der Waals surface area (Å²) < 4.78 is 36.7. The molecule has 0 amide bonds. The van der Waals surface area contributed by atoms with Crippen molar-refractivity contribution in [2.45, 2.75) is 38.8 Å². The van der Waals surface area contributed by atoms with Gasteiger partial charge in [-0.2, -0.15) is 0 Å². The van der Waals surface area contributed by atoms with Crippen LogP contribution in [-0.4, -0.2) is 38.5 Å². The van der Waals surface area contributed by atoms with Crippen molar-refractivity contribution in [2.75, 3.05) is 18.1 Å². The first-order valence-electron chi connectivity index (χ1n) is 8.41. The lowest BCUT2D eigenvalue weighted by molar-refractivity contribution is 0.566. The molecule has 132 valence electrons. The maximum Gasteiger partial charge on any atom is 0.191 e. The predicted octanol–water partition coefficient (Wildman–Crippen LogP) is 1.77. The van der Waals surface area contributed by atoms with Gasteiger partial charge in [-0.15, -0.1) is 0 Å². The molecule has 0 radical (unpaired) electrons. The number of hydrogen-bond acceptors (Lipinski definition) is 3. The van der Waals surface area contributed by atoms with Crippen LogP contribution in [0, 0.1) is 18.7 Å². The zero-order valence-corrected chi connectivity index (χ0v) is 14.7. The Labute approximate surface area is 142 Å². The minimum absolute atomic E-state index is 0.137. The molecule has 2 fully saturated rings. The summed E-state index contributed by atoms with van der Waals surface area (Å²) in [6.45, 7) is 2.72. The quantitative estimate of drug-likeness (QED) is 0.625. The topological polar surface area (TPSA) is 70.6 Å². The number of aryl methyl sites for hydroxylation is 1. The van der Waals surface area contributed by atoms with Crippen LogP contribution >= 0.6 is 0 Å². The second-order valence-corrected chi connectivity index (χ2v) is 9.05. The number of halogens is 1. The monoisotopic (exact) mass is 353 g/mol. The Hall–Kier alpha value is -1.63. The number of hydrogen-bond donors (Lipinski definition) is 2. The molecule has 3 rings (SSSR count). The van der Waals surface area contributed by atoms with Crippen molar-refractivity contribution in [3.63, 3.8) is 0 Å². The van der Waals surface area contributed by atoms with Crippen LogP contribution in [0.25, 0.3) is 0 Å². The van der Waals surface area contributed by atoms with E-state index in [1.54, 1.807) is 13.0 Å². The summed E-state index contributed by atoms with van der Waals surface area (Å²) in [7, 11) is -2.86. The van der Waals surface area contributed by atoms with Crippen LogP contribution in [0.15, 0.2) is 23.2 Å². The third kappa shape index (κ3) is 4.93. The molecule has 1 aromatic carbocycles. The van der Waals surface area contributed by atoms with E-state index in [4.69, 9.17) is 0 Å². The van der Waals surface area contributed by atoms with Gasteiger partial charge in [-0.3, -0.25) is 0 Å². The van der Waals surface area contributed by atoms with Gasteiger partial charge in [0.1, 0.15) is 5.82 Å². The first-order chi connectivity index (χ1) is 11.4. The molecule has 1 aromatic rings. The van der Waals surface area contributed by atoms with Gasteiger partial charge in [0.15, 0.2) is 15.8 Å². The van der Waals surface area contributed by atoms with Gasteiger partial charge < -0.3 is 10.6 Å². The van der Waals surface area contributed by atoms with E-state index in [9.17, 15) is 12.8 Å². The molecule has 1 unspecified atom stereocenters. The van der Waals surface area contributed by atoms with Crippen LogP contribution in [0.2, 0.25) is 0 Å². The van der Waals surface area contributed by atoms with E-state index < -0.39 is 9.84 Å². The average molecular weight is 353 g/mol. The summed E-state index contributed by atoms with van der Waals surface area (Å²) in [5, 5.41) is 6.58. The third-order valence-corrected chi connectivity index (χ3v) is 6.30. The fraction of sp³-hybridized carbons (Fsp3) is 0.588. The van der Waals surface area contributed by atoms with Crippen LogP contribution in [0.3, 0.4) is 0 Å². The molecule has 1 heterocycles. The smallest absolute Gasteiger partial charge is 0.191 e. The van der Waals surface area contributed by atoms with Crippen LogP contribution in [0.5, 0.6) is 0 Å². The van der Waals surface area contributed by atoms with Gasteiger partial charge in [-0.25, -0.2) is 17.8 Å². The molecular weight excluding hydrogens is 329 g/mol. The molecule has 24 heavy (non-hydrogen) atoms. The zero-order chi connectivity index (χ0) is 17.2. The van der Waals surface area contributed by atoms with Gasteiger partial charge in [0.25, 0.3) is 0 Å². The maximum absolute atomic E-state index is 13.6. The zero-order valence-electron chi connectivity index (χ0n) is 13.9. The number of benzene rings is 1. The van der Waals surface area contributed by atoms with Crippen molar-refractivity contribution in [1.82, 2.24) is 10.6 Å². The minimum atomic E-state index is -2.86. The second-order valence-electron chi connectivity index (χ2n) is 6.82. The first-order valence-corrected chi connectivity index (χ1v) is 10.2. The normalized spacial score (nSPS) is 23.2. The average Bonchev–Trinajstić information content (AvgIpc) is 3.27. The van der Waals surface area contributed by atoms with Gasteiger partial charge in [0.05, 0.1) is 18.1 Å². The molecule has 1 saturated heterocycles. The van der Waals surface area contributed by atoms with Crippen molar-refractivity contribution in [3.8, 4) is 0 Å². The lowest BCUT2D eigenvalue weighted by Crippen LogP contribution is -2.41. The number of nitrogens with one attached hydrogen (secondary N) is 2. The molecule has 0 aromatic heterocycles. The molecule has 2 N–H and O–H groups in total. The van der Waals surface area contributed by atoms with Crippen LogP contribution in [0.1, 0.15) is 30.4 Å². The first kappa shape index (κ1) is 17.2. The number of sulfone groups is 1. The van der Waals surface area contributed by atoms with E-state index in [1.807, 2.05) is 6.07 Å². The van der Waals surface area contributed by atoms with Gasteiger partial charge in [0.2, 0.25) is 0 Å². The SMILES string of the molecule is Cc1ccc(CN=C(NCC2CCS(=O)(=O)C2)NC2CC2)cc1F. The standard InChI is InChI=1S/C17H24FN3O2S/c1-12-2-3-13(8-16(12)18)9-19-17(21-15-4-5-15)20-10-14-6-7-24(22,23)11-14/h2-3,8,14-15H,4-7,9-11H2,1H3,(H2,19,20,21). The highest BCUT2D eigenvalue weighted by molar-refractivity contribution is 7.91. The molecule has 2 aliphatic rings. The van der Waals surface area contributed by atoms with Crippen LogP contribution in [-0.2, 0) is 16.4 Å². The maximum atomic E-state index is 13.6.